The van der Waals surface area contributed by atoms with Gasteiger partial charge in [0.15, 0.2) is 0 Å². The van der Waals surface area contributed by atoms with Crippen molar-refractivity contribution in [2.75, 3.05) is 0 Å². The van der Waals surface area contributed by atoms with Crippen LogP contribution in [0.15, 0.2) is 0 Å². The van der Waals surface area contributed by atoms with E-state index in [4.69, 9.17) is 0 Å². The highest BCUT2D eigenvalue weighted by Crippen LogP contribution is 2.28. The topological polar surface area (TPSA) is 90.8 Å². The third-order valence-corrected chi connectivity index (χ3v) is 2.49. The normalized spacial score (nSPS) is 15.2. The molecule has 0 bridgehead atoms. The molecule has 3 N–H and O–H groups in total. The summed E-state index contributed by atoms with van der Waals surface area (Å²) in [4.78, 5) is 20.5. The van der Waals surface area contributed by atoms with Crippen LogP contribution < -0.4 is 15.5 Å². The highest BCUT2D eigenvalue weighted by molar-refractivity contribution is 7.49. The van der Waals surface area contributed by atoms with E-state index in [1.807, 2.05) is 6.92 Å². The second kappa shape index (κ2) is 4.09. The molecule has 5 heteroatoms. The monoisotopic (exact) mass is 166 g/mol. The Hall–Kier alpha value is 0.110. The molecule has 1 atom stereocenters. The molecule has 1 unspecified atom stereocenters. The van der Waals surface area contributed by atoms with Crippen molar-refractivity contribution >= 4 is 7.60 Å². The Labute approximate surface area is 60.6 Å². The molecule has 0 rings (SSSR count). The Morgan fingerprint density at radius 2 is 2.10 bits per heavy atom. The van der Waals surface area contributed by atoms with E-state index in [1.165, 1.54) is 0 Å². The van der Waals surface area contributed by atoms with E-state index in [0.717, 1.165) is 12.8 Å². The molecule has 0 aliphatic rings. The van der Waals surface area contributed by atoms with Crippen LogP contribution in [-0.2, 0) is 4.57 Å². The van der Waals surface area contributed by atoms with Crippen LogP contribution in [0.5, 0.6) is 0 Å². The molecule has 0 aliphatic carbocycles. The molecular formula is C5H13NO3P-. The molecule has 0 fully saturated rings. The molecule has 0 amide bonds. The molecule has 10 heavy (non-hydrogen) atoms. The van der Waals surface area contributed by atoms with E-state index in [0.29, 0.717) is 6.42 Å². The molecule has 0 aromatic carbocycles. The van der Waals surface area contributed by atoms with Crippen LogP contribution in [0.4, 0.5) is 0 Å². The van der Waals surface area contributed by atoms with Gasteiger partial charge in [0.1, 0.15) is 5.78 Å². The van der Waals surface area contributed by atoms with E-state index in [-0.39, 0.29) is 0 Å². The van der Waals surface area contributed by atoms with Gasteiger partial charge in [0.2, 0.25) is 0 Å². The van der Waals surface area contributed by atoms with Gasteiger partial charge < -0.3 is 20.1 Å². The van der Waals surface area contributed by atoms with Crippen LogP contribution in [0.3, 0.4) is 0 Å². The van der Waals surface area contributed by atoms with Crippen molar-refractivity contribution in [2.45, 2.75) is 32.0 Å². The average Bonchev–Trinajstić information content (AvgIpc) is 1.80. The predicted molar refractivity (Wildman–Crippen MR) is 33.8 cm³/mol. The third kappa shape index (κ3) is 4.01. The van der Waals surface area contributed by atoms with Crippen molar-refractivity contribution in [3.63, 3.8) is 0 Å². The zero-order valence-corrected chi connectivity index (χ0v) is 6.97. The van der Waals surface area contributed by atoms with Crippen molar-refractivity contribution < 1.29 is 20.1 Å². The van der Waals surface area contributed by atoms with Gasteiger partial charge in [-0.3, -0.25) is 0 Å². The lowest BCUT2D eigenvalue weighted by Crippen LogP contribution is -2.63. The van der Waals surface area contributed by atoms with Crippen LogP contribution in [-0.4, -0.2) is 5.78 Å². The van der Waals surface area contributed by atoms with Crippen LogP contribution in [0.25, 0.3) is 0 Å². The lowest BCUT2D eigenvalue weighted by molar-refractivity contribution is -0.430. The molecule has 0 saturated carbocycles. The number of quaternary nitrogens is 1. The first-order valence-corrected chi connectivity index (χ1v) is 4.94. The Kier molecular flexibility index (Phi) is 4.13. The lowest BCUT2D eigenvalue weighted by atomic mass is 10.2. The first kappa shape index (κ1) is 10.1. The Morgan fingerprint density at radius 3 is 2.40 bits per heavy atom. The first-order valence-electron chi connectivity index (χ1n) is 3.33. The van der Waals surface area contributed by atoms with Crippen molar-refractivity contribution in [3.05, 3.63) is 0 Å². The highest BCUT2D eigenvalue weighted by atomic mass is 31.2. The zero-order chi connectivity index (χ0) is 8.20. The third-order valence-electron chi connectivity index (χ3n) is 1.34. The minimum Gasteiger partial charge on any atom is -0.807 e. The van der Waals surface area contributed by atoms with Crippen LogP contribution in [0.1, 0.15) is 26.2 Å². The summed E-state index contributed by atoms with van der Waals surface area (Å²) in [6, 6.07) is 0. The van der Waals surface area contributed by atoms with Gasteiger partial charge in [-0.25, -0.2) is 0 Å². The van der Waals surface area contributed by atoms with Gasteiger partial charge in [-0.1, -0.05) is 13.3 Å². The van der Waals surface area contributed by atoms with Crippen molar-refractivity contribution in [2.24, 2.45) is 0 Å². The molecule has 62 valence electrons. The van der Waals surface area contributed by atoms with E-state index >= 15 is 0 Å². The summed E-state index contributed by atoms with van der Waals surface area (Å²) in [5.74, 6) is -0.938. The van der Waals surface area contributed by atoms with Gasteiger partial charge in [0.25, 0.3) is 0 Å². The quantitative estimate of drug-likeness (QED) is 0.524. The second-order valence-electron chi connectivity index (χ2n) is 2.34. The van der Waals surface area contributed by atoms with E-state index < -0.39 is 13.4 Å². The standard InChI is InChI=1S/C5H14NO3P/c1-2-3-4-5(6)10(7,8)9/h5H,2-4,6H2,1H3,(H2,7,8,9)/p-1. The summed E-state index contributed by atoms with van der Waals surface area (Å²) in [5.41, 5.74) is 3.26. The van der Waals surface area contributed by atoms with Crippen molar-refractivity contribution in [1.82, 2.24) is 0 Å². The van der Waals surface area contributed by atoms with Crippen molar-refractivity contribution in [1.29, 1.82) is 0 Å². The molecular weight excluding hydrogens is 153 g/mol. The number of hydrogen-bond donors (Lipinski definition) is 1. The molecule has 4 nitrogen and oxygen atoms in total. The van der Waals surface area contributed by atoms with Gasteiger partial charge in [0, 0.05) is 6.42 Å². The summed E-state index contributed by atoms with van der Waals surface area (Å²) in [6.07, 6.45) is 2.04. The minimum absolute atomic E-state index is 0.390. The fourth-order valence-corrected chi connectivity index (χ4v) is 1.10. The SMILES string of the molecule is CCCCC([NH3+])P(=O)([O-])[O-]. The molecule has 0 heterocycles. The fourth-order valence-electron chi connectivity index (χ4n) is 0.598. The average molecular weight is 166 g/mol. The van der Waals surface area contributed by atoms with E-state index in [1.54, 1.807) is 0 Å². The summed E-state index contributed by atoms with van der Waals surface area (Å²) in [6.45, 7) is 1.94. The van der Waals surface area contributed by atoms with Crippen LogP contribution >= 0.6 is 7.60 Å². The van der Waals surface area contributed by atoms with E-state index in [9.17, 15) is 14.4 Å². The maximum absolute atomic E-state index is 10.2. The molecule has 0 spiro atoms. The predicted octanol–water partition coefficient (Wildman–Crippen LogP) is -1.34. The van der Waals surface area contributed by atoms with Crippen LogP contribution in [0.2, 0.25) is 0 Å². The van der Waals surface area contributed by atoms with Gasteiger partial charge in [-0.2, -0.15) is 0 Å². The fraction of sp³-hybridized carbons (Fsp3) is 1.00. The smallest absolute Gasteiger partial charge is 0.110 e. The Morgan fingerprint density at radius 1 is 1.60 bits per heavy atom. The molecule has 0 aliphatic heterocycles. The summed E-state index contributed by atoms with van der Waals surface area (Å²) in [7, 11) is -4.40. The Bertz CT molecular complexity index is 133. The minimum atomic E-state index is -4.40. The number of unbranched alkanes of at least 4 members (excludes halogenated alkanes) is 1. The zero-order valence-electron chi connectivity index (χ0n) is 6.08. The van der Waals surface area contributed by atoms with Crippen molar-refractivity contribution in [3.8, 4) is 0 Å². The number of rotatable bonds is 4. The highest BCUT2D eigenvalue weighted by Gasteiger charge is 2.08. The second-order valence-corrected chi connectivity index (χ2v) is 4.15. The molecule has 0 aromatic heterocycles. The van der Waals surface area contributed by atoms with Gasteiger partial charge in [0.05, 0.1) is 0 Å². The van der Waals surface area contributed by atoms with E-state index in [2.05, 4.69) is 5.73 Å². The summed E-state index contributed by atoms with van der Waals surface area (Å²) in [5, 5.41) is 0. The summed E-state index contributed by atoms with van der Waals surface area (Å²) < 4.78 is 10.2. The number of hydrogen-bond acceptors (Lipinski definition) is 3. The molecule has 0 radical (unpaired) electrons. The first-order chi connectivity index (χ1) is 4.48. The van der Waals surface area contributed by atoms with Gasteiger partial charge in [-0.05, 0) is 14.0 Å². The van der Waals surface area contributed by atoms with Gasteiger partial charge >= 0.3 is 0 Å². The largest absolute Gasteiger partial charge is 0.807 e. The Balaban J connectivity index is 3.63. The maximum atomic E-state index is 10.2. The van der Waals surface area contributed by atoms with Crippen LogP contribution in [0, 0.1) is 0 Å². The lowest BCUT2D eigenvalue weighted by Gasteiger charge is -2.32. The molecule has 0 aromatic rings. The summed E-state index contributed by atoms with van der Waals surface area (Å²) >= 11 is 0. The maximum Gasteiger partial charge on any atom is 0.110 e. The van der Waals surface area contributed by atoms with Gasteiger partial charge in [-0.15, -0.1) is 0 Å². The molecule has 0 saturated heterocycles.